The van der Waals surface area contributed by atoms with Crippen molar-refractivity contribution in [2.45, 2.75) is 59.8 Å². The molecule has 0 N–H and O–H groups in total. The van der Waals surface area contributed by atoms with Gasteiger partial charge in [-0.1, -0.05) is 27.7 Å². The van der Waals surface area contributed by atoms with Gasteiger partial charge in [-0.25, -0.2) is 0 Å². The second-order valence-corrected chi connectivity index (χ2v) is 7.20. The maximum atomic E-state index is 11.7. The summed E-state index contributed by atoms with van der Waals surface area (Å²) >= 11 is 0. The lowest BCUT2D eigenvalue weighted by molar-refractivity contribution is -0.128. The van der Waals surface area contributed by atoms with E-state index in [1.54, 1.807) is 0 Å². The van der Waals surface area contributed by atoms with E-state index in [0.29, 0.717) is 17.1 Å². The molecule has 0 aromatic rings. The van der Waals surface area contributed by atoms with Crippen molar-refractivity contribution in [1.29, 1.82) is 0 Å². The molecule has 1 heteroatoms. The van der Waals surface area contributed by atoms with Gasteiger partial charge in [0.2, 0.25) is 0 Å². The first kappa shape index (κ1) is 12.1. The molecule has 0 aliphatic heterocycles. The maximum absolute atomic E-state index is 11.7. The van der Waals surface area contributed by atoms with Crippen molar-refractivity contribution in [2.24, 2.45) is 29.1 Å². The van der Waals surface area contributed by atoms with E-state index in [1.807, 2.05) is 0 Å². The smallest absolute Gasteiger partial charge is 0.135 e. The zero-order valence-corrected chi connectivity index (χ0v) is 11.3. The van der Waals surface area contributed by atoms with Crippen LogP contribution in [0.2, 0.25) is 0 Å². The fraction of sp³-hybridized carbons (Fsp3) is 0.933. The van der Waals surface area contributed by atoms with E-state index < -0.39 is 0 Å². The van der Waals surface area contributed by atoms with Crippen molar-refractivity contribution in [3.8, 4) is 0 Å². The van der Waals surface area contributed by atoms with E-state index in [0.717, 1.165) is 30.6 Å². The monoisotopic (exact) mass is 222 g/mol. The predicted octanol–water partition coefficient (Wildman–Crippen LogP) is 4.06. The van der Waals surface area contributed by atoms with Crippen LogP contribution in [0.5, 0.6) is 0 Å². The minimum atomic E-state index is 0.333. The Hall–Kier alpha value is -0.330. The molecular formula is C15H26O. The van der Waals surface area contributed by atoms with Gasteiger partial charge in [-0.2, -0.15) is 0 Å². The van der Waals surface area contributed by atoms with Crippen molar-refractivity contribution in [2.75, 3.05) is 0 Å². The Morgan fingerprint density at radius 3 is 2.38 bits per heavy atom. The Kier molecular flexibility index (Phi) is 3.16. The van der Waals surface area contributed by atoms with Gasteiger partial charge >= 0.3 is 0 Å². The number of rotatable bonds is 0. The molecular weight excluding hydrogens is 196 g/mol. The molecule has 4 unspecified atom stereocenters. The lowest BCUT2D eigenvalue weighted by atomic mass is 9.60. The van der Waals surface area contributed by atoms with Crippen LogP contribution in [-0.4, -0.2) is 5.78 Å². The molecule has 0 saturated heterocycles. The number of hydrogen-bond donors (Lipinski definition) is 0. The number of Topliss-reactive ketones (excluding diaryl/α,β-unsaturated/α-hetero) is 1. The van der Waals surface area contributed by atoms with Crippen LogP contribution in [0.4, 0.5) is 0 Å². The number of ketones is 1. The highest BCUT2D eigenvalue weighted by atomic mass is 16.1. The molecule has 1 nitrogen and oxygen atoms in total. The first-order valence-electron chi connectivity index (χ1n) is 6.90. The van der Waals surface area contributed by atoms with Crippen LogP contribution in [0.15, 0.2) is 0 Å². The summed E-state index contributed by atoms with van der Waals surface area (Å²) < 4.78 is 0. The summed E-state index contributed by atoms with van der Waals surface area (Å²) in [6.45, 7) is 9.24. The highest BCUT2D eigenvalue weighted by molar-refractivity contribution is 5.81. The molecule has 0 bridgehead atoms. The molecule has 2 rings (SSSR count). The zero-order valence-electron chi connectivity index (χ0n) is 11.3. The summed E-state index contributed by atoms with van der Waals surface area (Å²) in [5.41, 5.74) is 0.454. The third kappa shape index (κ3) is 2.33. The van der Waals surface area contributed by atoms with Crippen molar-refractivity contribution in [3.05, 3.63) is 0 Å². The van der Waals surface area contributed by atoms with Gasteiger partial charge < -0.3 is 0 Å². The average molecular weight is 222 g/mol. The normalized spacial score (nSPS) is 40.6. The molecule has 16 heavy (non-hydrogen) atoms. The van der Waals surface area contributed by atoms with Gasteiger partial charge in [0.25, 0.3) is 0 Å². The van der Waals surface area contributed by atoms with Crippen LogP contribution in [0.3, 0.4) is 0 Å². The van der Waals surface area contributed by atoms with Gasteiger partial charge in [0, 0.05) is 12.3 Å². The number of hydrogen-bond acceptors (Lipinski definition) is 1. The van der Waals surface area contributed by atoms with E-state index in [4.69, 9.17) is 0 Å². The summed E-state index contributed by atoms with van der Waals surface area (Å²) in [4.78, 5) is 11.7. The summed E-state index contributed by atoms with van der Waals surface area (Å²) in [6.07, 6.45) is 6.04. The first-order valence-corrected chi connectivity index (χ1v) is 6.90. The van der Waals surface area contributed by atoms with Gasteiger partial charge in [-0.05, 0) is 48.9 Å². The number of fused-ring (bicyclic) bond motifs is 1. The number of carbonyl (C=O) groups is 1. The second kappa shape index (κ2) is 4.16. The van der Waals surface area contributed by atoms with Gasteiger partial charge in [0.15, 0.2) is 0 Å². The van der Waals surface area contributed by atoms with Crippen LogP contribution < -0.4 is 0 Å². The third-order valence-corrected chi connectivity index (χ3v) is 5.03. The van der Waals surface area contributed by atoms with E-state index in [1.165, 1.54) is 19.3 Å². The van der Waals surface area contributed by atoms with Crippen LogP contribution in [0, 0.1) is 29.1 Å². The molecule has 2 aliphatic rings. The van der Waals surface area contributed by atoms with Crippen LogP contribution >= 0.6 is 0 Å². The van der Waals surface area contributed by atoms with Crippen molar-refractivity contribution >= 4 is 5.78 Å². The van der Waals surface area contributed by atoms with Crippen LogP contribution in [-0.2, 0) is 4.79 Å². The second-order valence-electron chi connectivity index (χ2n) is 7.20. The summed E-state index contributed by atoms with van der Waals surface area (Å²) in [7, 11) is 0. The molecule has 4 atom stereocenters. The third-order valence-electron chi connectivity index (χ3n) is 5.03. The molecule has 0 heterocycles. The maximum Gasteiger partial charge on any atom is 0.135 e. The Bertz CT molecular complexity index is 274. The Balaban J connectivity index is 2.02. The quantitative estimate of drug-likeness (QED) is 0.604. The molecule has 2 aliphatic carbocycles. The summed E-state index contributed by atoms with van der Waals surface area (Å²) in [5.74, 6) is 3.29. The minimum absolute atomic E-state index is 0.333. The Morgan fingerprint density at radius 2 is 1.75 bits per heavy atom. The van der Waals surface area contributed by atoms with E-state index >= 15 is 0 Å². The Labute approximate surface area is 100.0 Å². The fourth-order valence-corrected chi connectivity index (χ4v) is 3.72. The molecule has 0 radical (unpaired) electrons. The highest BCUT2D eigenvalue weighted by Gasteiger charge is 2.40. The SMILES string of the molecule is CC1CC2CC(C(C)(C)C)CCC2CC1=O. The first-order chi connectivity index (χ1) is 7.38. The molecule has 0 spiro atoms. The van der Waals surface area contributed by atoms with E-state index in [9.17, 15) is 4.79 Å². The molecule has 92 valence electrons. The zero-order chi connectivity index (χ0) is 11.9. The minimum Gasteiger partial charge on any atom is -0.299 e. The number of carbonyl (C=O) groups excluding carboxylic acids is 1. The van der Waals surface area contributed by atoms with Crippen LogP contribution in [0.1, 0.15) is 59.8 Å². The average Bonchev–Trinajstić information content (AvgIpc) is 2.17. The fourth-order valence-electron chi connectivity index (χ4n) is 3.72. The molecule has 2 fully saturated rings. The van der Waals surface area contributed by atoms with Crippen molar-refractivity contribution < 1.29 is 4.79 Å². The van der Waals surface area contributed by atoms with E-state index in [2.05, 4.69) is 27.7 Å². The van der Waals surface area contributed by atoms with Crippen molar-refractivity contribution in [1.82, 2.24) is 0 Å². The predicted molar refractivity (Wildman–Crippen MR) is 67.2 cm³/mol. The largest absolute Gasteiger partial charge is 0.299 e. The topological polar surface area (TPSA) is 17.1 Å². The molecule has 2 saturated carbocycles. The summed E-state index contributed by atoms with van der Waals surface area (Å²) in [6, 6.07) is 0. The van der Waals surface area contributed by atoms with E-state index in [-0.39, 0.29) is 0 Å². The summed E-state index contributed by atoms with van der Waals surface area (Å²) in [5, 5.41) is 0. The highest BCUT2D eigenvalue weighted by Crippen LogP contribution is 2.48. The standard InChI is InChI=1S/C15H26O/c1-10-7-12-8-13(15(2,3)4)6-5-11(12)9-14(10)16/h10-13H,5-9H2,1-4H3. The molecule has 0 amide bonds. The van der Waals surface area contributed by atoms with Crippen LogP contribution in [0.25, 0.3) is 0 Å². The Morgan fingerprint density at radius 1 is 1.06 bits per heavy atom. The lowest BCUT2D eigenvalue weighted by Gasteiger charge is -2.44. The van der Waals surface area contributed by atoms with Gasteiger partial charge in [-0.3, -0.25) is 4.79 Å². The van der Waals surface area contributed by atoms with Gasteiger partial charge in [-0.15, -0.1) is 0 Å². The molecule has 0 aromatic heterocycles. The van der Waals surface area contributed by atoms with Gasteiger partial charge in [0.05, 0.1) is 0 Å². The molecule has 0 aromatic carbocycles. The van der Waals surface area contributed by atoms with Gasteiger partial charge in [0.1, 0.15) is 5.78 Å². The van der Waals surface area contributed by atoms with Crippen molar-refractivity contribution in [3.63, 3.8) is 0 Å². The lowest BCUT2D eigenvalue weighted by Crippen LogP contribution is -2.38.